The third-order valence-electron chi connectivity index (χ3n) is 2.84. The summed E-state index contributed by atoms with van der Waals surface area (Å²) in [4.78, 5) is 18.5. The second-order valence-corrected chi connectivity index (χ2v) is 6.06. The predicted molar refractivity (Wildman–Crippen MR) is 68.6 cm³/mol. The molecule has 2 heterocycles. The lowest BCUT2D eigenvalue weighted by Gasteiger charge is -2.09. The summed E-state index contributed by atoms with van der Waals surface area (Å²) >= 11 is 3.43. The molecule has 0 bridgehead atoms. The zero-order valence-electron chi connectivity index (χ0n) is 9.36. The van der Waals surface area contributed by atoms with Crippen molar-refractivity contribution in [2.45, 2.75) is 19.3 Å². The van der Waals surface area contributed by atoms with Gasteiger partial charge in [-0.15, -0.1) is 22.7 Å². The van der Waals surface area contributed by atoms with Gasteiger partial charge in [-0.2, -0.15) is 0 Å². The summed E-state index contributed by atoms with van der Waals surface area (Å²) in [5.74, 6) is -0.221. The molecule has 1 aliphatic rings. The number of nitrogens with zero attached hydrogens (tertiary/aromatic N) is 1. The maximum absolute atomic E-state index is 11.2. The van der Waals surface area contributed by atoms with Crippen LogP contribution >= 0.6 is 22.7 Å². The zero-order valence-corrected chi connectivity index (χ0v) is 11.0. The van der Waals surface area contributed by atoms with E-state index in [2.05, 4.69) is 21.2 Å². The summed E-state index contributed by atoms with van der Waals surface area (Å²) in [5.41, 5.74) is 2.33. The molecule has 3 rings (SSSR count). The number of hydrogen-bond donors (Lipinski definition) is 0. The second-order valence-electron chi connectivity index (χ2n) is 3.89. The molecule has 88 valence electrons. The van der Waals surface area contributed by atoms with E-state index in [-0.39, 0.29) is 12.4 Å². The maximum Gasteiger partial charge on any atom is 0.312 e. The Morgan fingerprint density at radius 2 is 2.29 bits per heavy atom. The highest BCUT2D eigenvalue weighted by Crippen LogP contribution is 2.38. The molecule has 0 saturated heterocycles. The van der Waals surface area contributed by atoms with Gasteiger partial charge >= 0.3 is 5.97 Å². The molecular formula is C12H11NO2S2. The first-order chi connectivity index (χ1) is 8.28. The van der Waals surface area contributed by atoms with Gasteiger partial charge in [0.25, 0.3) is 0 Å². The molecule has 5 heteroatoms. The van der Waals surface area contributed by atoms with Crippen LogP contribution < -0.4 is 0 Å². The van der Waals surface area contributed by atoms with Crippen molar-refractivity contribution in [1.82, 2.24) is 4.98 Å². The lowest BCUT2D eigenvalue weighted by molar-refractivity contribution is -0.139. The fraction of sp³-hybridized carbons (Fsp3) is 0.333. The molecule has 0 aliphatic heterocycles. The van der Waals surface area contributed by atoms with Crippen LogP contribution in [0.25, 0.3) is 11.3 Å². The molecule has 2 aromatic rings. The monoisotopic (exact) mass is 265 g/mol. The number of methoxy groups -OCH3 is 1. The largest absolute Gasteiger partial charge is 0.469 e. The summed E-state index contributed by atoms with van der Waals surface area (Å²) < 4.78 is 4.67. The van der Waals surface area contributed by atoms with Crippen molar-refractivity contribution in [2.24, 2.45) is 0 Å². The standard InChI is InChI=1S/C12H11NO2S2/c1-15-11(14)6-10-13-12-7-4-5-16-8(7)2-3-9(12)17-10/h4-5H,2-3,6H2,1H3. The van der Waals surface area contributed by atoms with E-state index in [0.717, 1.165) is 23.5 Å². The van der Waals surface area contributed by atoms with Crippen molar-refractivity contribution < 1.29 is 9.53 Å². The molecule has 17 heavy (non-hydrogen) atoms. The average molecular weight is 265 g/mol. The first-order valence-corrected chi connectivity index (χ1v) is 7.09. The topological polar surface area (TPSA) is 39.2 Å². The minimum atomic E-state index is -0.221. The first kappa shape index (κ1) is 10.9. The van der Waals surface area contributed by atoms with Gasteiger partial charge < -0.3 is 4.74 Å². The van der Waals surface area contributed by atoms with E-state index in [1.807, 2.05) is 0 Å². The van der Waals surface area contributed by atoms with Crippen molar-refractivity contribution in [3.05, 3.63) is 26.2 Å². The molecule has 0 unspecified atom stereocenters. The Morgan fingerprint density at radius 1 is 1.47 bits per heavy atom. The van der Waals surface area contributed by atoms with Crippen molar-refractivity contribution in [2.75, 3.05) is 7.11 Å². The molecule has 2 aromatic heterocycles. The molecule has 3 nitrogen and oxygen atoms in total. The number of thiazole rings is 1. The minimum Gasteiger partial charge on any atom is -0.469 e. The smallest absolute Gasteiger partial charge is 0.312 e. The van der Waals surface area contributed by atoms with Crippen LogP contribution in [0.4, 0.5) is 0 Å². The van der Waals surface area contributed by atoms with Crippen LogP contribution in [0, 0.1) is 0 Å². The molecule has 0 N–H and O–H groups in total. The number of carbonyl (C=O) groups excluding carboxylic acids is 1. The number of thiophene rings is 1. The van der Waals surface area contributed by atoms with E-state index >= 15 is 0 Å². The number of hydrogen-bond acceptors (Lipinski definition) is 5. The summed E-state index contributed by atoms with van der Waals surface area (Å²) in [5, 5.41) is 2.97. The number of aromatic nitrogens is 1. The number of esters is 1. The summed E-state index contributed by atoms with van der Waals surface area (Å²) in [6.07, 6.45) is 2.43. The highest BCUT2D eigenvalue weighted by atomic mass is 32.1. The van der Waals surface area contributed by atoms with Crippen LogP contribution in [0.15, 0.2) is 11.4 Å². The van der Waals surface area contributed by atoms with E-state index in [4.69, 9.17) is 0 Å². The number of fused-ring (bicyclic) bond motifs is 3. The van der Waals surface area contributed by atoms with Gasteiger partial charge in [-0.1, -0.05) is 0 Å². The Kier molecular flexibility index (Phi) is 2.72. The van der Waals surface area contributed by atoms with Gasteiger partial charge in [-0.3, -0.25) is 4.79 Å². The molecular weight excluding hydrogens is 254 g/mol. The average Bonchev–Trinajstić information content (AvgIpc) is 2.92. The van der Waals surface area contributed by atoms with Crippen molar-refractivity contribution in [3.63, 3.8) is 0 Å². The second kappa shape index (κ2) is 4.23. The van der Waals surface area contributed by atoms with Crippen LogP contribution in [0.3, 0.4) is 0 Å². The van der Waals surface area contributed by atoms with Crippen LogP contribution in [0.1, 0.15) is 14.8 Å². The van der Waals surface area contributed by atoms with Crippen LogP contribution in [0.2, 0.25) is 0 Å². The van der Waals surface area contributed by atoms with Crippen LogP contribution in [-0.4, -0.2) is 18.1 Å². The SMILES string of the molecule is COC(=O)Cc1nc2c(s1)CCc1sccc1-2. The van der Waals surface area contributed by atoms with Crippen LogP contribution in [0.5, 0.6) is 0 Å². The van der Waals surface area contributed by atoms with Gasteiger partial charge in [-0.05, 0) is 24.3 Å². The molecule has 0 aromatic carbocycles. The lowest BCUT2D eigenvalue weighted by Crippen LogP contribution is -2.03. The van der Waals surface area contributed by atoms with Gasteiger partial charge in [0, 0.05) is 15.3 Å². The first-order valence-electron chi connectivity index (χ1n) is 5.40. The predicted octanol–water partition coefficient (Wildman–Crippen LogP) is 2.69. The Labute approximate surface area is 107 Å². The molecule has 1 aliphatic carbocycles. The quantitative estimate of drug-likeness (QED) is 0.784. The Morgan fingerprint density at radius 3 is 3.12 bits per heavy atom. The maximum atomic E-state index is 11.2. The van der Waals surface area contributed by atoms with Gasteiger partial charge in [0.15, 0.2) is 0 Å². The van der Waals surface area contributed by atoms with Crippen molar-refractivity contribution in [3.8, 4) is 11.3 Å². The number of ether oxygens (including phenoxy) is 1. The van der Waals surface area contributed by atoms with Gasteiger partial charge in [0.05, 0.1) is 19.2 Å². The Hall–Kier alpha value is -1.20. The number of aryl methyl sites for hydroxylation is 2. The summed E-state index contributed by atoms with van der Waals surface area (Å²) in [6.45, 7) is 0. The van der Waals surface area contributed by atoms with Crippen LogP contribution in [-0.2, 0) is 28.8 Å². The fourth-order valence-electron chi connectivity index (χ4n) is 2.02. The number of rotatable bonds is 2. The highest BCUT2D eigenvalue weighted by Gasteiger charge is 2.22. The third kappa shape index (κ3) is 1.89. The fourth-order valence-corrected chi connectivity index (χ4v) is 3.97. The van der Waals surface area contributed by atoms with E-state index < -0.39 is 0 Å². The minimum absolute atomic E-state index is 0.221. The normalized spacial score (nSPS) is 13.0. The number of carbonyl (C=O) groups is 1. The van der Waals surface area contributed by atoms with Gasteiger partial charge in [0.1, 0.15) is 5.01 Å². The van der Waals surface area contributed by atoms with Crippen molar-refractivity contribution >= 4 is 28.6 Å². The summed E-state index contributed by atoms with van der Waals surface area (Å²) in [6, 6.07) is 2.12. The molecule has 0 saturated carbocycles. The highest BCUT2D eigenvalue weighted by molar-refractivity contribution is 7.12. The molecule has 0 fully saturated rings. The third-order valence-corrected chi connectivity index (χ3v) is 4.94. The molecule has 0 spiro atoms. The van der Waals surface area contributed by atoms with E-state index in [9.17, 15) is 4.79 Å². The molecule has 0 radical (unpaired) electrons. The van der Waals surface area contributed by atoms with E-state index in [0.29, 0.717) is 0 Å². The van der Waals surface area contributed by atoms with Gasteiger partial charge in [0.2, 0.25) is 0 Å². The Balaban J connectivity index is 1.97. The molecule has 0 atom stereocenters. The summed E-state index contributed by atoms with van der Waals surface area (Å²) in [7, 11) is 1.41. The zero-order chi connectivity index (χ0) is 11.8. The molecule has 0 amide bonds. The van der Waals surface area contributed by atoms with Gasteiger partial charge in [-0.25, -0.2) is 4.98 Å². The van der Waals surface area contributed by atoms with E-state index in [1.54, 1.807) is 22.7 Å². The Bertz CT molecular complexity index is 571. The van der Waals surface area contributed by atoms with E-state index in [1.165, 1.54) is 22.4 Å². The lowest BCUT2D eigenvalue weighted by atomic mass is 10.0. The van der Waals surface area contributed by atoms with Crippen molar-refractivity contribution in [1.29, 1.82) is 0 Å².